The summed E-state index contributed by atoms with van der Waals surface area (Å²) in [6, 6.07) is 0. The molecule has 9 heteroatoms. The number of ether oxygens (including phenoxy) is 2. The van der Waals surface area contributed by atoms with E-state index in [0.29, 0.717) is 29.0 Å². The van der Waals surface area contributed by atoms with Gasteiger partial charge in [0.1, 0.15) is 18.3 Å². The zero-order valence-corrected chi connectivity index (χ0v) is 40.7. The SMILES string of the molecule is C=CC1=C(C)C2=NC1=CC1=NC(=CC3=C(C)C4=C(O)[C@@H](C(=O)OC)C(=C5NC(=C2)[C@H](C)[C@@H]5CCC(=O)OC/C=C(\C)CCC[C@@H](C)CCC[C@H](C)CCCC(C)C)C4=N3)C(CC)=C1C. The number of nitrogens with zero attached hydrogens (tertiary/aromatic N) is 3. The lowest BCUT2D eigenvalue weighted by atomic mass is 9.84. The molecule has 1 fully saturated rings. The van der Waals surface area contributed by atoms with Crippen LogP contribution in [0.1, 0.15) is 146 Å². The molecule has 0 unspecified atom stereocenters. The van der Waals surface area contributed by atoms with Crippen LogP contribution in [0.2, 0.25) is 0 Å². The highest BCUT2D eigenvalue weighted by Gasteiger charge is 2.49. The molecule has 6 aliphatic rings. The van der Waals surface area contributed by atoms with Crippen molar-refractivity contribution < 1.29 is 24.2 Å². The quantitative estimate of drug-likeness (QED) is 0.0928. The van der Waals surface area contributed by atoms with Crippen LogP contribution < -0.4 is 5.32 Å². The number of carbonyl (C=O) groups excluding carboxylic acids is 2. The number of hydrogen-bond acceptors (Lipinski definition) is 9. The summed E-state index contributed by atoms with van der Waals surface area (Å²) >= 11 is 0. The van der Waals surface area contributed by atoms with Crippen molar-refractivity contribution in [2.75, 3.05) is 13.7 Å². The van der Waals surface area contributed by atoms with Crippen LogP contribution in [0, 0.1) is 35.5 Å². The van der Waals surface area contributed by atoms with E-state index in [4.69, 9.17) is 24.5 Å². The monoisotopic (exact) mass is 871 g/mol. The Bertz CT molecular complexity index is 2300. The van der Waals surface area contributed by atoms with Crippen molar-refractivity contribution in [3.8, 4) is 0 Å². The van der Waals surface area contributed by atoms with Crippen LogP contribution >= 0.6 is 0 Å². The third-order valence-corrected chi connectivity index (χ3v) is 14.3. The van der Waals surface area contributed by atoms with Gasteiger partial charge in [0.05, 0.1) is 41.3 Å². The Balaban J connectivity index is 1.20. The minimum absolute atomic E-state index is 0.0838. The summed E-state index contributed by atoms with van der Waals surface area (Å²) in [7, 11) is 1.33. The molecule has 0 aromatic carbocycles. The third-order valence-electron chi connectivity index (χ3n) is 14.3. The minimum Gasteiger partial charge on any atom is -0.510 e. The molecule has 0 amide bonds. The first-order valence-corrected chi connectivity index (χ1v) is 24.1. The number of esters is 2. The Hall–Kier alpha value is -5.05. The number of aliphatic hydroxyl groups is 1. The van der Waals surface area contributed by atoms with Gasteiger partial charge in [-0.3, -0.25) is 9.59 Å². The van der Waals surface area contributed by atoms with Crippen LogP contribution in [0.25, 0.3) is 0 Å². The standard InChI is InChI=1S/C55H74N4O5/c1-13-39-35(8)42-28-44-37(10)41(24-25-48(60)64-27-26-34(7)23-17-22-33(6)21-16-20-32(5)19-15-18-31(3)4)52(58-44)50-51(55(62)63-12)54(61)49-38(11)45(59-53(49)50)30-47-40(14-2)36(9)43(57-47)29-46(39)56-42/h13,26,28-33,37,41,51,58,61H,1,14-25,27H2,2-12H3/b34-26+,44-28?,46-29?,47-30?,52-50?/t32-,33+,37-,41+,51+/m1/s1. The molecule has 64 heavy (non-hydrogen) atoms. The maximum atomic E-state index is 13.6. The topological polar surface area (TPSA) is 122 Å². The number of rotatable bonds is 20. The highest BCUT2D eigenvalue weighted by molar-refractivity contribution is 6.24. The largest absolute Gasteiger partial charge is 0.510 e. The first-order chi connectivity index (χ1) is 30.6. The lowest BCUT2D eigenvalue weighted by Gasteiger charge is -2.20. The molecular weight excluding hydrogens is 797 g/mol. The lowest BCUT2D eigenvalue weighted by Crippen LogP contribution is -2.25. The predicted octanol–water partition coefficient (Wildman–Crippen LogP) is 13.0. The molecular formula is C55H74N4O5. The molecule has 6 rings (SSSR count). The lowest BCUT2D eigenvalue weighted by molar-refractivity contribution is -0.144. The van der Waals surface area contributed by atoms with Gasteiger partial charge in [0.2, 0.25) is 0 Å². The van der Waals surface area contributed by atoms with Crippen molar-refractivity contribution in [1.82, 2.24) is 5.32 Å². The van der Waals surface area contributed by atoms with E-state index in [0.717, 1.165) is 99.1 Å². The molecule has 8 bridgehead atoms. The van der Waals surface area contributed by atoms with E-state index in [-0.39, 0.29) is 36.6 Å². The summed E-state index contributed by atoms with van der Waals surface area (Å²) in [6.07, 6.45) is 22.7. The zero-order chi connectivity index (χ0) is 46.4. The maximum Gasteiger partial charge on any atom is 0.321 e. The van der Waals surface area contributed by atoms with Crippen LogP contribution in [0.3, 0.4) is 0 Å². The molecule has 1 saturated heterocycles. The molecule has 2 N–H and O–H groups in total. The Morgan fingerprint density at radius 2 is 1.53 bits per heavy atom. The molecule has 9 nitrogen and oxygen atoms in total. The molecule has 0 saturated carbocycles. The number of aliphatic hydroxyl groups excluding tert-OH is 1. The van der Waals surface area contributed by atoms with E-state index in [9.17, 15) is 14.7 Å². The van der Waals surface area contributed by atoms with Crippen LogP contribution in [-0.2, 0) is 19.1 Å². The molecule has 5 aliphatic heterocycles. The van der Waals surface area contributed by atoms with Crippen LogP contribution in [0.4, 0.5) is 0 Å². The summed E-state index contributed by atoms with van der Waals surface area (Å²) in [5, 5.41) is 15.6. The molecule has 0 aromatic rings. The predicted molar refractivity (Wildman–Crippen MR) is 262 cm³/mol. The van der Waals surface area contributed by atoms with Gasteiger partial charge in [-0.15, -0.1) is 0 Å². The summed E-state index contributed by atoms with van der Waals surface area (Å²) < 4.78 is 11.1. The Kier molecular flexibility index (Phi) is 16.1. The van der Waals surface area contributed by atoms with E-state index in [2.05, 4.69) is 73.4 Å². The number of nitrogens with one attached hydrogen (secondary N) is 1. The first kappa shape index (κ1) is 48.4. The Labute approximate surface area is 383 Å². The van der Waals surface area contributed by atoms with Gasteiger partial charge in [-0.05, 0) is 118 Å². The van der Waals surface area contributed by atoms with Crippen molar-refractivity contribution >= 4 is 29.1 Å². The second-order valence-electron chi connectivity index (χ2n) is 19.5. The van der Waals surface area contributed by atoms with Gasteiger partial charge in [-0.1, -0.05) is 105 Å². The van der Waals surface area contributed by atoms with E-state index >= 15 is 0 Å². The number of fused-ring (bicyclic) bond motifs is 5. The number of methoxy groups -OCH3 is 1. The van der Waals surface area contributed by atoms with Crippen LogP contribution in [-0.4, -0.2) is 47.9 Å². The van der Waals surface area contributed by atoms with E-state index in [1.54, 1.807) is 0 Å². The fraction of sp³-hybridized carbons (Fsp3) is 0.545. The molecule has 5 atom stereocenters. The van der Waals surface area contributed by atoms with Gasteiger partial charge in [0, 0.05) is 46.4 Å². The highest BCUT2D eigenvalue weighted by atomic mass is 16.5. The second kappa shape index (κ2) is 21.3. The minimum atomic E-state index is -1.08. The molecule has 0 spiro atoms. The van der Waals surface area contributed by atoms with Crippen LogP contribution in [0.15, 0.2) is 131 Å². The fourth-order valence-electron chi connectivity index (χ4n) is 10.2. The van der Waals surface area contributed by atoms with Gasteiger partial charge in [-0.25, -0.2) is 15.0 Å². The van der Waals surface area contributed by atoms with Gasteiger partial charge < -0.3 is 19.9 Å². The van der Waals surface area contributed by atoms with Crippen molar-refractivity contribution in [2.45, 2.75) is 146 Å². The van der Waals surface area contributed by atoms with Gasteiger partial charge >= 0.3 is 11.9 Å². The summed E-state index contributed by atoms with van der Waals surface area (Å²) in [5.74, 6) is -0.0182. The number of aliphatic imine (C=N–C) groups is 3. The van der Waals surface area contributed by atoms with Crippen LogP contribution in [0.5, 0.6) is 0 Å². The highest BCUT2D eigenvalue weighted by Crippen LogP contribution is 2.49. The Morgan fingerprint density at radius 3 is 2.19 bits per heavy atom. The van der Waals surface area contributed by atoms with Gasteiger partial charge in [0.15, 0.2) is 0 Å². The van der Waals surface area contributed by atoms with E-state index in [1.165, 1.54) is 57.6 Å². The van der Waals surface area contributed by atoms with E-state index in [1.807, 2.05) is 38.2 Å². The molecule has 0 aromatic heterocycles. The zero-order valence-electron chi connectivity index (χ0n) is 40.7. The average molecular weight is 871 g/mol. The normalized spacial score (nSPS) is 22.8. The Morgan fingerprint density at radius 1 is 0.875 bits per heavy atom. The van der Waals surface area contributed by atoms with Crippen molar-refractivity contribution in [2.24, 2.45) is 50.5 Å². The maximum absolute atomic E-state index is 13.6. The summed E-state index contributed by atoms with van der Waals surface area (Å²) in [4.78, 5) is 42.4. The summed E-state index contributed by atoms with van der Waals surface area (Å²) in [5.41, 5.74) is 13.3. The second-order valence-corrected chi connectivity index (χ2v) is 19.5. The molecule has 344 valence electrons. The number of allylic oxidation sites excluding steroid dienone is 12. The fourth-order valence-corrected chi connectivity index (χ4v) is 10.2. The van der Waals surface area contributed by atoms with Crippen molar-refractivity contribution in [3.05, 3.63) is 116 Å². The number of carbonyl (C=O) groups is 2. The smallest absolute Gasteiger partial charge is 0.321 e. The van der Waals surface area contributed by atoms with Crippen molar-refractivity contribution in [1.29, 1.82) is 0 Å². The third kappa shape index (κ3) is 10.6. The summed E-state index contributed by atoms with van der Waals surface area (Å²) in [6.45, 7) is 26.2. The molecule has 0 radical (unpaired) electrons. The first-order valence-electron chi connectivity index (χ1n) is 24.1. The average Bonchev–Trinajstić information content (AvgIpc) is 3.99. The molecule has 5 heterocycles. The van der Waals surface area contributed by atoms with Crippen molar-refractivity contribution in [3.63, 3.8) is 0 Å². The van der Waals surface area contributed by atoms with E-state index < -0.39 is 11.9 Å². The number of hydrogen-bond donors (Lipinski definition) is 2. The van der Waals surface area contributed by atoms with Gasteiger partial charge in [-0.2, -0.15) is 0 Å². The van der Waals surface area contributed by atoms with Gasteiger partial charge in [0.25, 0.3) is 0 Å². The molecule has 1 aliphatic carbocycles.